The molecule has 7 nitrogen and oxygen atoms in total. The topological polar surface area (TPSA) is 67.8 Å². The number of rotatable bonds is 8. The summed E-state index contributed by atoms with van der Waals surface area (Å²) in [5.74, 6) is 2.32. The van der Waals surface area contributed by atoms with Gasteiger partial charge in [0.1, 0.15) is 22.8 Å². The quantitative estimate of drug-likeness (QED) is 0.141. The summed E-state index contributed by atoms with van der Waals surface area (Å²) in [6.07, 6.45) is 3.57. The van der Waals surface area contributed by atoms with Crippen LogP contribution in [0.25, 0.3) is 43.9 Å². The number of benzene rings is 6. The van der Waals surface area contributed by atoms with Crippen LogP contribution in [0.1, 0.15) is 0 Å². The number of ether oxygens (including phenoxy) is 1. The molecular formula is C46H28N4O3Pt. The van der Waals surface area contributed by atoms with E-state index in [1.165, 1.54) is 0 Å². The molecule has 0 spiro atoms. The van der Waals surface area contributed by atoms with Gasteiger partial charge in [-0.3, -0.25) is 0 Å². The number of anilines is 6. The number of pyridine rings is 2. The zero-order valence-electron chi connectivity index (χ0n) is 28.5. The molecule has 0 N–H and O–H groups in total. The predicted molar refractivity (Wildman–Crippen MR) is 210 cm³/mol. The van der Waals surface area contributed by atoms with Crippen molar-refractivity contribution in [3.05, 3.63) is 182 Å². The van der Waals surface area contributed by atoms with Crippen LogP contribution in [0.5, 0.6) is 11.5 Å². The molecule has 0 bridgehead atoms. The monoisotopic (exact) mass is 879 g/mol. The van der Waals surface area contributed by atoms with Gasteiger partial charge in [0, 0.05) is 46.4 Å². The molecule has 10 rings (SSSR count). The Hall–Kier alpha value is -6.69. The third kappa shape index (κ3) is 5.85. The maximum absolute atomic E-state index is 6.79. The average molecular weight is 880 g/mol. The van der Waals surface area contributed by atoms with Gasteiger partial charge in [-0.2, -0.15) is 0 Å². The summed E-state index contributed by atoms with van der Waals surface area (Å²) in [5, 5.41) is 3.71. The van der Waals surface area contributed by atoms with Crippen LogP contribution in [-0.2, 0) is 21.1 Å². The molecule has 54 heavy (non-hydrogen) atoms. The zero-order chi connectivity index (χ0) is 35.1. The minimum absolute atomic E-state index is 0. The molecule has 0 amide bonds. The van der Waals surface area contributed by atoms with E-state index in [2.05, 4.69) is 58.3 Å². The van der Waals surface area contributed by atoms with Crippen LogP contribution in [0.3, 0.4) is 0 Å². The van der Waals surface area contributed by atoms with Crippen molar-refractivity contribution in [1.29, 1.82) is 0 Å². The molecule has 6 aromatic carbocycles. The number of fused-ring (bicyclic) bond motifs is 6. The van der Waals surface area contributed by atoms with Crippen LogP contribution in [0.2, 0.25) is 0 Å². The minimum atomic E-state index is 0. The molecule has 4 aromatic heterocycles. The number of aromatic nitrogens is 2. The molecule has 0 atom stereocenters. The van der Waals surface area contributed by atoms with E-state index in [4.69, 9.17) is 23.5 Å². The van der Waals surface area contributed by atoms with E-state index in [9.17, 15) is 0 Å². The van der Waals surface area contributed by atoms with Gasteiger partial charge in [0.05, 0.1) is 0 Å². The van der Waals surface area contributed by atoms with Crippen molar-refractivity contribution in [1.82, 2.24) is 9.97 Å². The van der Waals surface area contributed by atoms with E-state index in [-0.39, 0.29) is 21.1 Å². The molecular weight excluding hydrogens is 852 g/mol. The maximum Gasteiger partial charge on any atom is 2.00 e. The summed E-state index contributed by atoms with van der Waals surface area (Å²) >= 11 is 0. The van der Waals surface area contributed by atoms with E-state index in [1.54, 1.807) is 12.4 Å². The Morgan fingerprint density at radius 1 is 0.444 bits per heavy atom. The second-order valence-electron chi connectivity index (χ2n) is 12.5. The number of nitrogens with zero attached hydrogens (tertiary/aromatic N) is 4. The molecule has 0 aliphatic carbocycles. The van der Waals surface area contributed by atoms with Gasteiger partial charge >= 0.3 is 21.1 Å². The van der Waals surface area contributed by atoms with Gasteiger partial charge in [-0.1, -0.05) is 119 Å². The number of para-hydroxylation sites is 4. The van der Waals surface area contributed by atoms with Crippen molar-refractivity contribution < 1.29 is 34.6 Å². The molecule has 8 heteroatoms. The van der Waals surface area contributed by atoms with Gasteiger partial charge in [0.15, 0.2) is 0 Å². The third-order valence-electron chi connectivity index (χ3n) is 9.18. The van der Waals surface area contributed by atoms with Crippen LogP contribution in [0.4, 0.5) is 34.4 Å². The van der Waals surface area contributed by atoms with Gasteiger partial charge in [0.25, 0.3) is 0 Å². The Kier molecular flexibility index (Phi) is 8.62. The van der Waals surface area contributed by atoms with Crippen molar-refractivity contribution in [2.24, 2.45) is 0 Å². The van der Waals surface area contributed by atoms with Gasteiger partial charge in [-0.25, -0.2) is 9.97 Å². The van der Waals surface area contributed by atoms with Gasteiger partial charge in [-0.15, -0.1) is 12.1 Å². The van der Waals surface area contributed by atoms with Gasteiger partial charge in [-0.05, 0) is 71.4 Å². The third-order valence-corrected chi connectivity index (χ3v) is 9.18. The van der Waals surface area contributed by atoms with E-state index >= 15 is 0 Å². The first-order valence-electron chi connectivity index (χ1n) is 17.2. The molecule has 0 saturated carbocycles. The standard InChI is InChI=1S/C46H28N4O3.Pt/c1-3-15-31(16-4-1)49(43-23-11-13-25-47-43)37-27-33(29-41-45(37)35-19-7-9-21-39(35)52-41)51-34-28-38(46-36-20-8-10-22-40(36)53-42(46)30-34)50(32-17-5-2-6-18-32)44-24-12-14-26-48-44;/h1-26,29-30H;/q-2;+2. The summed E-state index contributed by atoms with van der Waals surface area (Å²) in [6.45, 7) is 0. The SMILES string of the molecule is [Pt+2].[c-]1c(Oc2[c-]c(N(c3ccccc3)c3ccccn3)c3c(c2)oc2ccccc23)cc2oc3ccccc3c2c1N(c1ccccc1)c1ccccn1. The van der Waals surface area contributed by atoms with Crippen molar-refractivity contribution in [3.63, 3.8) is 0 Å². The largest absolute Gasteiger partial charge is 2.00 e. The second-order valence-corrected chi connectivity index (χ2v) is 12.5. The minimum Gasteiger partial charge on any atom is -0.509 e. The Balaban J connectivity index is 0.00000384. The molecule has 0 fully saturated rings. The zero-order valence-corrected chi connectivity index (χ0v) is 30.8. The van der Waals surface area contributed by atoms with Crippen LogP contribution < -0.4 is 14.5 Å². The van der Waals surface area contributed by atoms with Crippen LogP contribution in [0, 0.1) is 12.1 Å². The molecule has 4 heterocycles. The second kappa shape index (κ2) is 14.0. The normalized spacial score (nSPS) is 11.2. The van der Waals surface area contributed by atoms with Gasteiger partial charge < -0.3 is 23.4 Å². The van der Waals surface area contributed by atoms with Crippen LogP contribution >= 0.6 is 0 Å². The van der Waals surface area contributed by atoms with Crippen molar-refractivity contribution in [3.8, 4) is 11.5 Å². The fraction of sp³-hybridized carbons (Fsp3) is 0. The van der Waals surface area contributed by atoms with Crippen LogP contribution in [-0.4, -0.2) is 9.97 Å². The smallest absolute Gasteiger partial charge is 0.509 e. The van der Waals surface area contributed by atoms with Crippen molar-refractivity contribution in [2.45, 2.75) is 0 Å². The van der Waals surface area contributed by atoms with E-state index < -0.39 is 0 Å². The fourth-order valence-electron chi connectivity index (χ4n) is 6.93. The summed E-state index contributed by atoms with van der Waals surface area (Å²) in [7, 11) is 0. The number of furan rings is 2. The van der Waals surface area contributed by atoms with Gasteiger partial charge in [0.2, 0.25) is 0 Å². The molecule has 0 aliphatic rings. The first-order valence-corrected chi connectivity index (χ1v) is 17.2. The Bertz CT molecular complexity index is 2600. The molecule has 260 valence electrons. The number of hydrogen-bond donors (Lipinski definition) is 0. The Labute approximate surface area is 324 Å². The summed E-state index contributed by atoms with van der Waals surface area (Å²) in [6, 6.07) is 59.0. The molecule has 10 aromatic rings. The Morgan fingerprint density at radius 2 is 0.852 bits per heavy atom. The van der Waals surface area contributed by atoms with Crippen molar-refractivity contribution >= 4 is 78.3 Å². The van der Waals surface area contributed by atoms with Crippen LogP contribution in [0.15, 0.2) is 179 Å². The number of hydrogen-bond acceptors (Lipinski definition) is 7. The predicted octanol–water partition coefficient (Wildman–Crippen LogP) is 12.6. The van der Waals surface area contributed by atoms with E-state index in [0.717, 1.165) is 67.1 Å². The maximum atomic E-state index is 6.79. The van der Waals surface area contributed by atoms with E-state index in [0.29, 0.717) is 22.7 Å². The van der Waals surface area contributed by atoms with E-state index in [1.807, 2.05) is 121 Å². The molecule has 0 saturated heterocycles. The van der Waals surface area contributed by atoms with Crippen molar-refractivity contribution in [2.75, 3.05) is 9.80 Å². The summed E-state index contributed by atoms with van der Waals surface area (Å²) in [5.41, 5.74) is 6.11. The molecule has 0 radical (unpaired) electrons. The summed E-state index contributed by atoms with van der Waals surface area (Å²) in [4.78, 5) is 13.7. The average Bonchev–Trinajstić information content (AvgIpc) is 3.78. The Morgan fingerprint density at radius 3 is 1.28 bits per heavy atom. The molecule has 0 unspecified atom stereocenters. The summed E-state index contributed by atoms with van der Waals surface area (Å²) < 4.78 is 19.8. The first kappa shape index (κ1) is 33.2. The first-order chi connectivity index (χ1) is 26.3. The molecule has 0 aliphatic heterocycles. The fourth-order valence-corrected chi connectivity index (χ4v) is 6.93.